The lowest BCUT2D eigenvalue weighted by Crippen LogP contribution is -2.25. The summed E-state index contributed by atoms with van der Waals surface area (Å²) >= 11 is 3.47. The second-order valence-electron chi connectivity index (χ2n) is 10.3. The van der Waals surface area contributed by atoms with Crippen molar-refractivity contribution in [2.24, 2.45) is 5.10 Å². The van der Waals surface area contributed by atoms with E-state index < -0.39 is 11.7 Å². The average Bonchev–Trinajstić information content (AvgIpc) is 3.01. The molecule has 0 bridgehead atoms. The zero-order valence-corrected chi connectivity index (χ0v) is 24.3. The molecule has 0 unspecified atom stereocenters. The minimum absolute atomic E-state index is 0.0801. The van der Waals surface area contributed by atoms with Gasteiger partial charge in [-0.25, -0.2) is 9.37 Å². The number of amides is 1. The highest BCUT2D eigenvalue weighted by atomic mass is 79.9. The van der Waals surface area contributed by atoms with Crippen LogP contribution in [-0.4, -0.2) is 28.4 Å². The van der Waals surface area contributed by atoms with Crippen LogP contribution in [-0.2, 0) is 4.79 Å². The molecular formula is C33H28BrFN4O3. The van der Waals surface area contributed by atoms with Crippen molar-refractivity contribution >= 4 is 55.4 Å². The number of rotatable bonds is 7. The molecule has 0 radical (unpaired) electrons. The Bertz CT molecular complexity index is 1880. The van der Waals surface area contributed by atoms with E-state index in [0.717, 1.165) is 40.9 Å². The molecule has 0 saturated heterocycles. The normalized spacial score (nSPS) is 14.0. The van der Waals surface area contributed by atoms with Gasteiger partial charge in [0.15, 0.2) is 6.61 Å². The van der Waals surface area contributed by atoms with Gasteiger partial charge >= 0.3 is 0 Å². The van der Waals surface area contributed by atoms with Gasteiger partial charge in [0.2, 0.25) is 0 Å². The number of carbonyl (C=O) groups excluding carboxylic acids is 1. The molecule has 1 aliphatic carbocycles. The highest BCUT2D eigenvalue weighted by molar-refractivity contribution is 9.10. The van der Waals surface area contributed by atoms with Gasteiger partial charge in [-0.1, -0.05) is 77.7 Å². The SMILES string of the molecule is O=C(COc1ccc2ccccc2c1C=Nn1c(C2CCCCC2)nc2ccc(Br)cc2c1=O)Nc1ccccc1F. The summed E-state index contributed by atoms with van der Waals surface area (Å²) in [6.07, 6.45) is 6.84. The number of halogens is 2. The number of fused-ring (bicyclic) bond motifs is 2. The molecule has 1 amide bonds. The molecule has 4 aromatic carbocycles. The Balaban J connectivity index is 1.39. The van der Waals surface area contributed by atoms with Crippen molar-refractivity contribution in [2.75, 3.05) is 11.9 Å². The number of carbonyl (C=O) groups is 1. The van der Waals surface area contributed by atoms with Crippen molar-refractivity contribution in [1.29, 1.82) is 0 Å². The van der Waals surface area contributed by atoms with E-state index in [1.54, 1.807) is 30.5 Å². The molecule has 212 valence electrons. The molecule has 1 fully saturated rings. The van der Waals surface area contributed by atoms with Crippen LogP contribution in [0.3, 0.4) is 0 Å². The van der Waals surface area contributed by atoms with E-state index in [-0.39, 0.29) is 23.8 Å². The monoisotopic (exact) mass is 626 g/mol. The third-order valence-corrected chi connectivity index (χ3v) is 8.04. The summed E-state index contributed by atoms with van der Waals surface area (Å²) in [5, 5.41) is 9.52. The van der Waals surface area contributed by atoms with Crippen molar-refractivity contribution in [3.05, 3.63) is 111 Å². The van der Waals surface area contributed by atoms with Crippen LogP contribution in [0.5, 0.6) is 5.75 Å². The van der Waals surface area contributed by atoms with Crippen LogP contribution in [0.4, 0.5) is 10.1 Å². The predicted octanol–water partition coefficient (Wildman–Crippen LogP) is 7.40. The van der Waals surface area contributed by atoms with Gasteiger partial charge in [0.1, 0.15) is 17.4 Å². The lowest BCUT2D eigenvalue weighted by atomic mass is 9.88. The van der Waals surface area contributed by atoms with Gasteiger partial charge in [-0.3, -0.25) is 9.59 Å². The number of hydrogen-bond acceptors (Lipinski definition) is 5. The molecule has 6 rings (SSSR count). The minimum Gasteiger partial charge on any atom is -0.483 e. The van der Waals surface area contributed by atoms with E-state index in [1.165, 1.54) is 23.2 Å². The lowest BCUT2D eigenvalue weighted by molar-refractivity contribution is -0.118. The average molecular weight is 628 g/mol. The number of ether oxygens (including phenoxy) is 1. The highest BCUT2D eigenvalue weighted by Crippen LogP contribution is 2.32. The highest BCUT2D eigenvalue weighted by Gasteiger charge is 2.23. The molecule has 1 heterocycles. The summed E-state index contributed by atoms with van der Waals surface area (Å²) in [6.45, 7) is -0.341. The third kappa shape index (κ3) is 5.83. The number of benzene rings is 4. The molecule has 1 N–H and O–H groups in total. The molecule has 1 saturated carbocycles. The molecule has 9 heteroatoms. The predicted molar refractivity (Wildman–Crippen MR) is 167 cm³/mol. The number of anilines is 1. The number of nitrogens with one attached hydrogen (secondary N) is 1. The van der Waals surface area contributed by atoms with Gasteiger partial charge in [0.05, 0.1) is 22.8 Å². The first-order valence-electron chi connectivity index (χ1n) is 13.9. The Labute approximate surface area is 250 Å². The smallest absolute Gasteiger partial charge is 0.282 e. The first kappa shape index (κ1) is 27.8. The van der Waals surface area contributed by atoms with Crippen molar-refractivity contribution < 1.29 is 13.9 Å². The van der Waals surface area contributed by atoms with Crippen LogP contribution in [0.15, 0.2) is 93.2 Å². The Kier molecular flexibility index (Phi) is 8.10. The Morgan fingerprint density at radius 3 is 2.64 bits per heavy atom. The first-order chi connectivity index (χ1) is 20.5. The first-order valence-corrected chi connectivity index (χ1v) is 14.7. The molecule has 0 atom stereocenters. The second-order valence-corrected chi connectivity index (χ2v) is 11.3. The van der Waals surface area contributed by atoms with E-state index in [4.69, 9.17) is 14.8 Å². The number of nitrogens with zero attached hydrogens (tertiary/aromatic N) is 3. The van der Waals surface area contributed by atoms with Crippen LogP contribution in [0.1, 0.15) is 49.4 Å². The maximum absolute atomic E-state index is 14.0. The van der Waals surface area contributed by atoms with E-state index >= 15 is 0 Å². The van der Waals surface area contributed by atoms with Gasteiger partial charge in [0, 0.05) is 16.0 Å². The van der Waals surface area contributed by atoms with Crippen LogP contribution in [0.2, 0.25) is 0 Å². The van der Waals surface area contributed by atoms with Crippen LogP contribution in [0, 0.1) is 5.82 Å². The zero-order valence-electron chi connectivity index (χ0n) is 22.7. The quantitative estimate of drug-likeness (QED) is 0.191. The van der Waals surface area contributed by atoms with Crippen molar-refractivity contribution in [3.8, 4) is 5.75 Å². The summed E-state index contributed by atoms with van der Waals surface area (Å²) in [6, 6.07) is 22.9. The fraction of sp³-hybridized carbons (Fsp3) is 0.212. The lowest BCUT2D eigenvalue weighted by Gasteiger charge is -2.23. The van der Waals surface area contributed by atoms with Gasteiger partial charge in [-0.15, -0.1) is 0 Å². The van der Waals surface area contributed by atoms with Gasteiger partial charge in [-0.2, -0.15) is 9.78 Å². The number of hydrogen-bond donors (Lipinski definition) is 1. The summed E-state index contributed by atoms with van der Waals surface area (Å²) in [5.41, 5.74) is 1.09. The molecule has 0 spiro atoms. The molecule has 42 heavy (non-hydrogen) atoms. The van der Waals surface area contributed by atoms with E-state index in [1.807, 2.05) is 42.5 Å². The minimum atomic E-state index is -0.528. The maximum Gasteiger partial charge on any atom is 0.282 e. The van der Waals surface area contributed by atoms with Crippen molar-refractivity contribution in [3.63, 3.8) is 0 Å². The molecule has 1 aromatic heterocycles. The van der Waals surface area contributed by atoms with Crippen molar-refractivity contribution in [2.45, 2.75) is 38.0 Å². The summed E-state index contributed by atoms with van der Waals surface area (Å²) in [7, 11) is 0. The molecule has 5 aromatic rings. The number of para-hydroxylation sites is 1. The van der Waals surface area contributed by atoms with E-state index in [9.17, 15) is 14.0 Å². The van der Waals surface area contributed by atoms with Crippen LogP contribution < -0.4 is 15.6 Å². The Morgan fingerprint density at radius 2 is 1.81 bits per heavy atom. The molecule has 1 aliphatic rings. The second kappa shape index (κ2) is 12.2. The van der Waals surface area contributed by atoms with Crippen LogP contribution in [0.25, 0.3) is 21.7 Å². The molecule has 7 nitrogen and oxygen atoms in total. The summed E-state index contributed by atoms with van der Waals surface area (Å²) < 4.78 is 22.2. The van der Waals surface area contributed by atoms with Gasteiger partial charge in [-0.05, 0) is 60.0 Å². The number of aromatic nitrogens is 2. The fourth-order valence-electron chi connectivity index (χ4n) is 5.44. The van der Waals surface area contributed by atoms with Gasteiger partial charge in [0.25, 0.3) is 11.5 Å². The van der Waals surface area contributed by atoms with E-state index in [0.29, 0.717) is 28.0 Å². The van der Waals surface area contributed by atoms with Crippen molar-refractivity contribution in [1.82, 2.24) is 9.66 Å². The zero-order chi connectivity index (χ0) is 29.1. The Hall–Kier alpha value is -4.37. The third-order valence-electron chi connectivity index (χ3n) is 7.54. The summed E-state index contributed by atoms with van der Waals surface area (Å²) in [5.74, 6) is 0.153. The van der Waals surface area contributed by atoms with E-state index in [2.05, 4.69) is 21.2 Å². The molecule has 0 aliphatic heterocycles. The summed E-state index contributed by atoms with van der Waals surface area (Å²) in [4.78, 5) is 31.3. The topological polar surface area (TPSA) is 85.6 Å². The van der Waals surface area contributed by atoms with Gasteiger partial charge < -0.3 is 10.1 Å². The molecular weight excluding hydrogens is 599 g/mol. The standard InChI is InChI=1S/C33H28BrFN4O3/c34-23-15-16-28-25(18-23)33(41)39(32(38-28)22-9-2-1-3-10-22)36-19-26-24-11-5-4-8-21(24)14-17-30(26)42-20-31(40)37-29-13-7-6-12-27(29)35/h4-8,11-19,22H,1-3,9-10,20H2,(H,37,40). The fourth-order valence-corrected chi connectivity index (χ4v) is 5.81. The maximum atomic E-state index is 14.0. The largest absolute Gasteiger partial charge is 0.483 e. The Morgan fingerprint density at radius 1 is 1.02 bits per heavy atom. The van der Waals surface area contributed by atoms with Crippen LogP contribution >= 0.6 is 15.9 Å².